The van der Waals surface area contributed by atoms with E-state index in [1.807, 2.05) is 0 Å². The fourth-order valence-electron chi connectivity index (χ4n) is 1.29. The van der Waals surface area contributed by atoms with E-state index in [2.05, 4.69) is 9.97 Å². The maximum atomic E-state index is 13.1. The minimum atomic E-state index is -0.557. The third-order valence-electron chi connectivity index (χ3n) is 2.04. The Morgan fingerprint density at radius 3 is 2.81 bits per heavy atom. The van der Waals surface area contributed by atoms with Gasteiger partial charge >= 0.3 is 0 Å². The number of nitrogens with zero attached hydrogens (tertiary/aromatic N) is 2. The molecule has 3 nitrogen and oxygen atoms in total. The van der Waals surface area contributed by atoms with Crippen LogP contribution in [0.4, 0.5) is 4.39 Å². The Balaban J connectivity index is 2.52. The highest BCUT2D eigenvalue weighted by atomic mass is 35.5. The third kappa shape index (κ3) is 2.06. The van der Waals surface area contributed by atoms with E-state index in [1.54, 1.807) is 6.07 Å². The van der Waals surface area contributed by atoms with Crippen molar-refractivity contribution in [3.63, 3.8) is 0 Å². The minimum absolute atomic E-state index is 0.00719. The fourth-order valence-corrected chi connectivity index (χ4v) is 1.44. The number of aldehydes is 1. The topological polar surface area (TPSA) is 42.9 Å². The van der Waals surface area contributed by atoms with Gasteiger partial charge in [0.1, 0.15) is 5.82 Å². The van der Waals surface area contributed by atoms with Crippen LogP contribution in [0.3, 0.4) is 0 Å². The molecule has 0 spiro atoms. The van der Waals surface area contributed by atoms with Gasteiger partial charge in [-0.2, -0.15) is 0 Å². The Kier molecular flexibility index (Phi) is 2.92. The van der Waals surface area contributed by atoms with Gasteiger partial charge in [-0.05, 0) is 35.9 Å². The van der Waals surface area contributed by atoms with Gasteiger partial charge in [-0.15, -0.1) is 0 Å². The Morgan fingerprint density at radius 2 is 2.12 bits per heavy atom. The van der Waals surface area contributed by atoms with E-state index in [9.17, 15) is 9.18 Å². The number of carbonyl (C=O) groups is 1. The van der Waals surface area contributed by atoms with Gasteiger partial charge in [0.2, 0.25) is 5.28 Å². The van der Waals surface area contributed by atoms with Crippen LogP contribution in [0.1, 0.15) is 10.4 Å². The normalized spacial score (nSPS) is 10.1. The molecule has 0 unspecified atom stereocenters. The number of carbonyl (C=O) groups excluding carboxylic acids is 1. The molecule has 2 rings (SSSR count). The zero-order valence-electron chi connectivity index (χ0n) is 8.02. The van der Waals surface area contributed by atoms with E-state index in [1.165, 1.54) is 24.4 Å². The van der Waals surface area contributed by atoms with Gasteiger partial charge < -0.3 is 0 Å². The first-order valence-corrected chi connectivity index (χ1v) is 4.82. The number of rotatable bonds is 2. The van der Waals surface area contributed by atoms with Crippen LogP contribution in [0, 0.1) is 5.82 Å². The van der Waals surface area contributed by atoms with E-state index >= 15 is 0 Å². The van der Waals surface area contributed by atoms with Crippen LogP contribution in [0.2, 0.25) is 5.28 Å². The molecule has 0 saturated heterocycles. The molecule has 0 fully saturated rings. The van der Waals surface area contributed by atoms with Crippen molar-refractivity contribution in [3.8, 4) is 11.3 Å². The van der Waals surface area contributed by atoms with E-state index in [0.717, 1.165) is 0 Å². The lowest BCUT2D eigenvalue weighted by Gasteiger charge is -2.02. The summed E-state index contributed by atoms with van der Waals surface area (Å²) in [5.41, 5.74) is 1.16. The summed E-state index contributed by atoms with van der Waals surface area (Å²) >= 11 is 5.63. The molecule has 1 aromatic carbocycles. The van der Waals surface area contributed by atoms with Gasteiger partial charge in [-0.1, -0.05) is 0 Å². The SMILES string of the molecule is O=Cc1cc(-c2ccnc(Cl)n2)ccc1F. The number of hydrogen-bond acceptors (Lipinski definition) is 3. The van der Waals surface area contributed by atoms with Crippen molar-refractivity contribution in [2.24, 2.45) is 0 Å². The number of aromatic nitrogens is 2. The molecule has 1 heterocycles. The van der Waals surface area contributed by atoms with Crippen LogP contribution >= 0.6 is 11.6 Å². The van der Waals surface area contributed by atoms with Gasteiger partial charge in [-0.25, -0.2) is 14.4 Å². The van der Waals surface area contributed by atoms with Crippen molar-refractivity contribution in [2.45, 2.75) is 0 Å². The Morgan fingerprint density at radius 1 is 1.31 bits per heavy atom. The van der Waals surface area contributed by atoms with Crippen molar-refractivity contribution < 1.29 is 9.18 Å². The van der Waals surface area contributed by atoms with Crippen molar-refractivity contribution in [2.75, 3.05) is 0 Å². The number of benzene rings is 1. The summed E-state index contributed by atoms with van der Waals surface area (Å²) in [4.78, 5) is 18.3. The highest BCUT2D eigenvalue weighted by Gasteiger charge is 2.05. The molecule has 0 aliphatic carbocycles. The molecule has 0 aliphatic heterocycles. The maximum Gasteiger partial charge on any atom is 0.222 e. The van der Waals surface area contributed by atoms with Gasteiger partial charge in [0, 0.05) is 11.8 Å². The average Bonchev–Trinajstić information content (AvgIpc) is 2.29. The summed E-state index contributed by atoms with van der Waals surface area (Å²) in [7, 11) is 0. The van der Waals surface area contributed by atoms with E-state index < -0.39 is 5.82 Å². The first kappa shape index (κ1) is 10.7. The second kappa shape index (κ2) is 4.37. The summed E-state index contributed by atoms with van der Waals surface area (Å²) in [6.07, 6.45) is 1.95. The quantitative estimate of drug-likeness (QED) is 0.595. The molecule has 16 heavy (non-hydrogen) atoms. The van der Waals surface area contributed by atoms with Crippen LogP contribution in [0.15, 0.2) is 30.5 Å². The smallest absolute Gasteiger partial charge is 0.222 e. The Labute approximate surface area is 95.9 Å². The summed E-state index contributed by atoms with van der Waals surface area (Å²) < 4.78 is 13.1. The molecule has 0 aliphatic rings. The second-order valence-corrected chi connectivity index (χ2v) is 3.40. The minimum Gasteiger partial charge on any atom is -0.298 e. The van der Waals surface area contributed by atoms with Crippen LogP contribution in [0.5, 0.6) is 0 Å². The van der Waals surface area contributed by atoms with Gasteiger partial charge in [0.25, 0.3) is 0 Å². The Bertz CT molecular complexity index is 545. The van der Waals surface area contributed by atoms with Crippen molar-refractivity contribution in [1.29, 1.82) is 0 Å². The molecule has 0 bridgehead atoms. The van der Waals surface area contributed by atoms with E-state index in [0.29, 0.717) is 17.5 Å². The molecule has 5 heteroatoms. The van der Waals surface area contributed by atoms with Gasteiger partial charge in [0.05, 0.1) is 11.3 Å². The molecular weight excluding hydrogens is 231 g/mol. The van der Waals surface area contributed by atoms with E-state index in [4.69, 9.17) is 11.6 Å². The summed E-state index contributed by atoms with van der Waals surface area (Å²) in [6.45, 7) is 0. The fraction of sp³-hybridized carbons (Fsp3) is 0. The zero-order chi connectivity index (χ0) is 11.5. The largest absolute Gasteiger partial charge is 0.298 e. The summed E-state index contributed by atoms with van der Waals surface area (Å²) in [5, 5.41) is 0.106. The lowest BCUT2D eigenvalue weighted by molar-refractivity contribution is 0.112. The first-order valence-electron chi connectivity index (χ1n) is 4.44. The average molecular weight is 237 g/mol. The summed E-state index contributed by atoms with van der Waals surface area (Å²) in [5.74, 6) is -0.557. The highest BCUT2D eigenvalue weighted by Crippen LogP contribution is 2.20. The first-order chi connectivity index (χ1) is 7.70. The standard InChI is InChI=1S/C11H6ClFN2O/c12-11-14-4-3-10(15-11)7-1-2-9(13)8(5-7)6-16/h1-6H. The summed E-state index contributed by atoms with van der Waals surface area (Å²) in [6, 6.07) is 5.80. The van der Waals surface area contributed by atoms with Crippen LogP contribution in [-0.4, -0.2) is 16.3 Å². The Hall–Kier alpha value is -1.81. The molecule has 0 atom stereocenters. The molecule has 0 saturated carbocycles. The third-order valence-corrected chi connectivity index (χ3v) is 2.23. The predicted molar refractivity (Wildman–Crippen MR) is 57.8 cm³/mol. The molecular formula is C11H6ClFN2O. The second-order valence-electron chi connectivity index (χ2n) is 3.07. The zero-order valence-corrected chi connectivity index (χ0v) is 8.78. The maximum absolute atomic E-state index is 13.1. The lowest BCUT2D eigenvalue weighted by Crippen LogP contribution is -1.91. The van der Waals surface area contributed by atoms with Crippen LogP contribution < -0.4 is 0 Å². The van der Waals surface area contributed by atoms with Crippen molar-refractivity contribution in [3.05, 3.63) is 47.1 Å². The lowest BCUT2D eigenvalue weighted by atomic mass is 10.1. The predicted octanol–water partition coefficient (Wildman–Crippen LogP) is 2.75. The molecule has 0 amide bonds. The van der Waals surface area contributed by atoms with E-state index in [-0.39, 0.29) is 10.8 Å². The molecule has 1 aromatic heterocycles. The van der Waals surface area contributed by atoms with Crippen molar-refractivity contribution >= 4 is 17.9 Å². The molecule has 0 N–H and O–H groups in total. The van der Waals surface area contributed by atoms with Crippen LogP contribution in [0.25, 0.3) is 11.3 Å². The monoisotopic (exact) mass is 236 g/mol. The molecule has 0 radical (unpaired) electrons. The highest BCUT2D eigenvalue weighted by molar-refractivity contribution is 6.28. The van der Waals surface area contributed by atoms with Gasteiger partial charge in [0.15, 0.2) is 6.29 Å². The molecule has 2 aromatic rings. The van der Waals surface area contributed by atoms with Crippen molar-refractivity contribution in [1.82, 2.24) is 9.97 Å². The van der Waals surface area contributed by atoms with Gasteiger partial charge in [-0.3, -0.25) is 4.79 Å². The van der Waals surface area contributed by atoms with Crippen LogP contribution in [-0.2, 0) is 0 Å². The molecule has 80 valence electrons. The number of hydrogen-bond donors (Lipinski definition) is 0. The number of halogens is 2.